The van der Waals surface area contributed by atoms with Gasteiger partial charge in [0.25, 0.3) is 0 Å². The van der Waals surface area contributed by atoms with Crippen LogP contribution in [0.25, 0.3) is 0 Å². The molecule has 2 unspecified atom stereocenters. The number of nitrogens with one attached hydrogen (secondary N) is 1. The van der Waals surface area contributed by atoms with Crippen molar-refractivity contribution in [3.05, 3.63) is 0 Å². The third-order valence-electron chi connectivity index (χ3n) is 3.59. The molecule has 1 aromatic rings. The fraction of sp³-hybridized carbons (Fsp3) is 0.923. The van der Waals surface area contributed by atoms with E-state index in [9.17, 15) is 0 Å². The Bertz CT molecular complexity index is 368. The van der Waals surface area contributed by atoms with Crippen LogP contribution in [0.15, 0.2) is 5.16 Å². The van der Waals surface area contributed by atoms with Gasteiger partial charge in [0.15, 0.2) is 0 Å². The minimum Gasteiger partial charge on any atom is -0.315 e. The van der Waals surface area contributed by atoms with Gasteiger partial charge < -0.3 is 5.32 Å². The molecule has 2 rings (SSSR count). The Labute approximate surface area is 119 Å². The second-order valence-electron chi connectivity index (χ2n) is 5.45. The van der Waals surface area contributed by atoms with Crippen molar-refractivity contribution in [2.24, 2.45) is 5.92 Å². The molecule has 108 valence electrons. The van der Waals surface area contributed by atoms with Crippen molar-refractivity contribution < 1.29 is 0 Å². The van der Waals surface area contributed by atoms with Crippen LogP contribution in [0.1, 0.15) is 46.0 Å². The van der Waals surface area contributed by atoms with Gasteiger partial charge in [-0.25, -0.2) is 4.68 Å². The van der Waals surface area contributed by atoms with E-state index in [0.29, 0.717) is 5.25 Å². The first-order valence-electron chi connectivity index (χ1n) is 7.43. The van der Waals surface area contributed by atoms with Gasteiger partial charge in [-0.2, -0.15) is 0 Å². The normalized spacial score (nSPS) is 23.7. The first-order chi connectivity index (χ1) is 9.29. The van der Waals surface area contributed by atoms with Gasteiger partial charge in [0, 0.05) is 11.8 Å². The van der Waals surface area contributed by atoms with Crippen LogP contribution in [-0.4, -0.2) is 38.5 Å². The highest BCUT2D eigenvalue weighted by Crippen LogP contribution is 2.34. The summed E-state index contributed by atoms with van der Waals surface area (Å²) in [5, 5.41) is 17.1. The van der Waals surface area contributed by atoms with E-state index < -0.39 is 0 Å². The fourth-order valence-corrected chi connectivity index (χ4v) is 3.88. The average Bonchev–Trinajstić information content (AvgIpc) is 2.82. The summed E-state index contributed by atoms with van der Waals surface area (Å²) in [7, 11) is 0. The Balaban J connectivity index is 1.81. The highest BCUT2D eigenvalue weighted by Gasteiger charge is 2.22. The smallest absolute Gasteiger partial charge is 0.209 e. The Morgan fingerprint density at radius 3 is 3.05 bits per heavy atom. The van der Waals surface area contributed by atoms with Gasteiger partial charge in [0.1, 0.15) is 0 Å². The van der Waals surface area contributed by atoms with Gasteiger partial charge in [-0.05, 0) is 42.2 Å². The summed E-state index contributed by atoms with van der Waals surface area (Å²) in [6.45, 7) is 7.38. The highest BCUT2D eigenvalue weighted by atomic mass is 32.2. The lowest BCUT2D eigenvalue weighted by atomic mass is 9.91. The van der Waals surface area contributed by atoms with Crippen molar-refractivity contribution >= 4 is 11.8 Å². The van der Waals surface area contributed by atoms with Crippen molar-refractivity contribution in [1.29, 1.82) is 0 Å². The number of thioether (sulfide) groups is 1. The molecule has 5 nitrogen and oxygen atoms in total. The second kappa shape index (κ2) is 7.85. The van der Waals surface area contributed by atoms with E-state index in [-0.39, 0.29) is 0 Å². The molecule has 0 amide bonds. The number of nitrogens with zero attached hydrogens (tertiary/aromatic N) is 4. The molecule has 0 aromatic carbocycles. The zero-order valence-electron chi connectivity index (χ0n) is 12.0. The Morgan fingerprint density at radius 2 is 2.26 bits per heavy atom. The monoisotopic (exact) mass is 283 g/mol. The van der Waals surface area contributed by atoms with Crippen molar-refractivity contribution in [1.82, 2.24) is 25.5 Å². The van der Waals surface area contributed by atoms with Gasteiger partial charge in [0.2, 0.25) is 5.16 Å². The number of aromatic nitrogens is 4. The van der Waals surface area contributed by atoms with Crippen molar-refractivity contribution in [3.63, 3.8) is 0 Å². The average molecular weight is 283 g/mol. The van der Waals surface area contributed by atoms with Crippen molar-refractivity contribution in [2.75, 3.05) is 13.1 Å². The highest BCUT2D eigenvalue weighted by molar-refractivity contribution is 7.99. The van der Waals surface area contributed by atoms with Gasteiger partial charge in [-0.15, -0.1) is 5.10 Å². The molecule has 1 aliphatic carbocycles. The first kappa shape index (κ1) is 14.8. The van der Waals surface area contributed by atoms with Crippen LogP contribution in [-0.2, 0) is 6.54 Å². The van der Waals surface area contributed by atoms with E-state index in [2.05, 4.69) is 34.7 Å². The number of rotatable bonds is 7. The van der Waals surface area contributed by atoms with E-state index >= 15 is 0 Å². The molecule has 19 heavy (non-hydrogen) atoms. The molecule has 0 radical (unpaired) electrons. The fourth-order valence-electron chi connectivity index (χ4n) is 2.54. The minimum absolute atomic E-state index is 0.692. The summed E-state index contributed by atoms with van der Waals surface area (Å²) >= 11 is 1.86. The Kier molecular flexibility index (Phi) is 6.10. The molecule has 6 heteroatoms. The molecule has 0 bridgehead atoms. The van der Waals surface area contributed by atoms with Crippen LogP contribution in [0.5, 0.6) is 0 Å². The molecule has 1 fully saturated rings. The lowest BCUT2D eigenvalue weighted by Crippen LogP contribution is -2.22. The molecular formula is C13H25N5S. The molecule has 0 saturated heterocycles. The summed E-state index contributed by atoms with van der Waals surface area (Å²) in [4.78, 5) is 0. The lowest BCUT2D eigenvalue weighted by Gasteiger charge is -2.25. The first-order valence-corrected chi connectivity index (χ1v) is 8.31. The van der Waals surface area contributed by atoms with Crippen molar-refractivity contribution in [3.8, 4) is 0 Å². The van der Waals surface area contributed by atoms with Gasteiger partial charge in [0.05, 0.1) is 6.54 Å². The van der Waals surface area contributed by atoms with Crippen LogP contribution in [0.4, 0.5) is 0 Å². The van der Waals surface area contributed by atoms with E-state index in [1.807, 2.05) is 16.4 Å². The Hall–Kier alpha value is -0.620. The molecule has 2 atom stereocenters. The minimum atomic E-state index is 0.692. The summed E-state index contributed by atoms with van der Waals surface area (Å²) in [5.41, 5.74) is 0. The largest absolute Gasteiger partial charge is 0.315 e. The van der Waals surface area contributed by atoms with Crippen LogP contribution in [0, 0.1) is 5.92 Å². The quantitative estimate of drug-likeness (QED) is 0.778. The number of hydrogen-bond donors (Lipinski definition) is 1. The molecule has 1 aromatic heterocycles. The van der Waals surface area contributed by atoms with Crippen LogP contribution >= 0.6 is 11.8 Å². The van der Waals surface area contributed by atoms with Gasteiger partial charge in [-0.3, -0.25) is 0 Å². The van der Waals surface area contributed by atoms with Crippen LogP contribution < -0.4 is 5.32 Å². The molecule has 0 spiro atoms. The van der Waals surface area contributed by atoms with E-state index in [1.165, 1.54) is 25.7 Å². The molecule has 1 aliphatic rings. The predicted octanol–water partition coefficient (Wildman–Crippen LogP) is 2.34. The lowest BCUT2D eigenvalue weighted by molar-refractivity contribution is 0.393. The van der Waals surface area contributed by atoms with E-state index in [0.717, 1.165) is 37.1 Å². The van der Waals surface area contributed by atoms with Gasteiger partial charge >= 0.3 is 0 Å². The second-order valence-corrected chi connectivity index (χ2v) is 6.71. The van der Waals surface area contributed by atoms with Crippen LogP contribution in [0.3, 0.4) is 0 Å². The summed E-state index contributed by atoms with van der Waals surface area (Å²) in [6, 6.07) is 0. The summed E-state index contributed by atoms with van der Waals surface area (Å²) in [5.74, 6) is 0.849. The van der Waals surface area contributed by atoms with E-state index in [4.69, 9.17) is 0 Å². The Morgan fingerprint density at radius 1 is 1.37 bits per heavy atom. The molecule has 0 aliphatic heterocycles. The predicted molar refractivity (Wildman–Crippen MR) is 78.3 cm³/mol. The van der Waals surface area contributed by atoms with Crippen molar-refractivity contribution in [2.45, 2.75) is 62.9 Å². The number of hydrogen-bond acceptors (Lipinski definition) is 5. The van der Waals surface area contributed by atoms with E-state index in [1.54, 1.807) is 0 Å². The van der Waals surface area contributed by atoms with Crippen LogP contribution in [0.2, 0.25) is 0 Å². The SMILES string of the molecule is CCCNCCn1nnnc1SC1CCCC(C)C1. The molecule has 1 saturated carbocycles. The maximum Gasteiger partial charge on any atom is 0.209 e. The molecule has 1 heterocycles. The third-order valence-corrected chi connectivity index (χ3v) is 4.85. The third kappa shape index (κ3) is 4.76. The topological polar surface area (TPSA) is 55.6 Å². The zero-order valence-corrected chi connectivity index (χ0v) is 12.8. The molecule has 1 N–H and O–H groups in total. The zero-order chi connectivity index (χ0) is 13.5. The maximum absolute atomic E-state index is 4.17. The van der Waals surface area contributed by atoms with Gasteiger partial charge in [-0.1, -0.05) is 38.5 Å². The summed E-state index contributed by atoms with van der Waals surface area (Å²) < 4.78 is 1.94. The summed E-state index contributed by atoms with van der Waals surface area (Å²) in [6.07, 6.45) is 6.49. The number of tetrazole rings is 1. The molecular weight excluding hydrogens is 258 g/mol. The standard InChI is InChI=1S/C13H25N5S/c1-3-7-14-8-9-18-13(15-16-17-18)19-12-6-4-5-11(2)10-12/h11-12,14H,3-10H2,1-2H3. The maximum atomic E-state index is 4.17.